The van der Waals surface area contributed by atoms with Gasteiger partial charge in [0.1, 0.15) is 9.88 Å². The zero-order chi connectivity index (χ0) is 14.8. The number of nitrogens with zero attached hydrogens (tertiary/aromatic N) is 2. The van der Waals surface area contributed by atoms with E-state index in [4.69, 9.17) is 34.8 Å². The van der Waals surface area contributed by atoms with Gasteiger partial charge in [0.2, 0.25) is 3.79 Å². The molecule has 0 aliphatic rings. The molecule has 2 aromatic heterocycles. The monoisotopic (exact) mass is 349 g/mol. The molecular weight excluding hydrogens is 341 g/mol. The summed E-state index contributed by atoms with van der Waals surface area (Å²) in [6, 6.07) is 3.70. The molecule has 8 heteroatoms. The van der Waals surface area contributed by atoms with E-state index in [2.05, 4.69) is 15.3 Å². The smallest absolute Gasteiger partial charge is 0.263 e. The summed E-state index contributed by atoms with van der Waals surface area (Å²) in [6.45, 7) is 1.71. The normalized spacial score (nSPS) is 11.4. The highest BCUT2D eigenvalue weighted by atomic mass is 35.6. The van der Waals surface area contributed by atoms with Gasteiger partial charge in [-0.1, -0.05) is 34.8 Å². The Kier molecular flexibility index (Phi) is 4.86. The highest BCUT2D eigenvalue weighted by Crippen LogP contribution is 2.28. The first-order valence-electron chi connectivity index (χ1n) is 5.59. The van der Waals surface area contributed by atoms with Crippen molar-refractivity contribution in [2.75, 3.05) is 6.54 Å². The largest absolute Gasteiger partial charge is 0.347 e. The number of carbonyl (C=O) groups excluding carboxylic acids is 1. The first-order chi connectivity index (χ1) is 9.37. The van der Waals surface area contributed by atoms with Crippen molar-refractivity contribution < 1.29 is 4.79 Å². The molecule has 0 spiro atoms. The van der Waals surface area contributed by atoms with E-state index in [1.807, 2.05) is 12.1 Å². The summed E-state index contributed by atoms with van der Waals surface area (Å²) in [5, 5.41) is 3.30. The minimum atomic E-state index is -1.51. The molecule has 1 amide bonds. The van der Waals surface area contributed by atoms with Crippen molar-refractivity contribution in [1.82, 2.24) is 15.3 Å². The standard InChI is InChI=1S/C12H10Cl3N3OS/c1-7-9(10(19)17-6-12(13,14)15)20-11(18-7)8-3-2-4-16-5-8/h2-5H,6H2,1H3,(H,17,19). The molecule has 1 N–H and O–H groups in total. The van der Waals surface area contributed by atoms with Crippen molar-refractivity contribution in [2.45, 2.75) is 10.7 Å². The molecule has 2 heterocycles. The molecule has 0 aliphatic carbocycles. The minimum absolute atomic E-state index is 0.0595. The second-order valence-corrected chi connectivity index (χ2v) is 7.49. The van der Waals surface area contributed by atoms with Gasteiger partial charge in [-0.3, -0.25) is 9.78 Å². The predicted molar refractivity (Wildman–Crippen MR) is 82.7 cm³/mol. The van der Waals surface area contributed by atoms with Gasteiger partial charge in [0.15, 0.2) is 0 Å². The summed E-state index contributed by atoms with van der Waals surface area (Å²) in [5.74, 6) is -0.304. The number of carbonyl (C=O) groups is 1. The summed E-state index contributed by atoms with van der Waals surface area (Å²) in [5.41, 5.74) is 1.50. The van der Waals surface area contributed by atoms with E-state index in [9.17, 15) is 4.79 Å². The number of aromatic nitrogens is 2. The summed E-state index contributed by atoms with van der Waals surface area (Å²) in [7, 11) is 0. The Labute approximate surface area is 135 Å². The Morgan fingerprint density at radius 3 is 2.80 bits per heavy atom. The summed E-state index contributed by atoms with van der Waals surface area (Å²) >= 11 is 18.1. The van der Waals surface area contributed by atoms with Crippen LogP contribution in [0.2, 0.25) is 0 Å². The van der Waals surface area contributed by atoms with Gasteiger partial charge >= 0.3 is 0 Å². The van der Waals surface area contributed by atoms with Crippen molar-refractivity contribution in [3.63, 3.8) is 0 Å². The number of thiazole rings is 1. The van der Waals surface area contributed by atoms with E-state index in [0.29, 0.717) is 10.6 Å². The molecule has 0 unspecified atom stereocenters. The molecule has 2 rings (SSSR count). The third-order valence-corrected chi connectivity index (χ3v) is 3.97. The minimum Gasteiger partial charge on any atom is -0.347 e. The molecule has 0 atom stereocenters. The average molecular weight is 351 g/mol. The molecule has 0 aliphatic heterocycles. The van der Waals surface area contributed by atoms with E-state index in [0.717, 1.165) is 10.6 Å². The Bertz CT molecular complexity index is 610. The number of pyridine rings is 1. The maximum Gasteiger partial charge on any atom is 0.263 e. The Hall–Kier alpha value is -0.880. The van der Waals surface area contributed by atoms with E-state index in [-0.39, 0.29) is 12.5 Å². The lowest BCUT2D eigenvalue weighted by Gasteiger charge is -2.11. The van der Waals surface area contributed by atoms with Crippen LogP contribution in [0.4, 0.5) is 0 Å². The molecule has 0 saturated heterocycles. The van der Waals surface area contributed by atoms with Gasteiger partial charge in [-0.15, -0.1) is 11.3 Å². The molecule has 20 heavy (non-hydrogen) atoms. The van der Waals surface area contributed by atoms with Gasteiger partial charge in [0.25, 0.3) is 5.91 Å². The van der Waals surface area contributed by atoms with Crippen molar-refractivity contribution in [1.29, 1.82) is 0 Å². The van der Waals surface area contributed by atoms with Crippen molar-refractivity contribution in [3.8, 4) is 10.6 Å². The number of hydrogen-bond donors (Lipinski definition) is 1. The lowest BCUT2D eigenvalue weighted by molar-refractivity contribution is 0.0957. The topological polar surface area (TPSA) is 54.9 Å². The highest BCUT2D eigenvalue weighted by Gasteiger charge is 2.23. The van der Waals surface area contributed by atoms with Crippen LogP contribution in [0.3, 0.4) is 0 Å². The number of aryl methyl sites for hydroxylation is 1. The van der Waals surface area contributed by atoms with Crippen LogP contribution in [-0.4, -0.2) is 26.2 Å². The Morgan fingerprint density at radius 2 is 2.20 bits per heavy atom. The third-order valence-electron chi connectivity index (χ3n) is 2.36. The first kappa shape index (κ1) is 15.5. The van der Waals surface area contributed by atoms with E-state index in [1.165, 1.54) is 11.3 Å². The van der Waals surface area contributed by atoms with Gasteiger partial charge in [0, 0.05) is 18.0 Å². The number of halogens is 3. The Balaban J connectivity index is 2.18. The average Bonchev–Trinajstić information content (AvgIpc) is 2.78. The number of alkyl halides is 3. The molecule has 0 saturated carbocycles. The number of amides is 1. The van der Waals surface area contributed by atoms with Crippen molar-refractivity contribution in [2.24, 2.45) is 0 Å². The van der Waals surface area contributed by atoms with Crippen molar-refractivity contribution >= 4 is 52.0 Å². The van der Waals surface area contributed by atoms with E-state index >= 15 is 0 Å². The molecule has 106 valence electrons. The fourth-order valence-electron chi connectivity index (χ4n) is 1.48. The van der Waals surface area contributed by atoms with Crippen LogP contribution in [0.1, 0.15) is 15.4 Å². The molecule has 0 fully saturated rings. The molecule has 0 aromatic carbocycles. The van der Waals surface area contributed by atoms with Crippen LogP contribution in [0.15, 0.2) is 24.5 Å². The van der Waals surface area contributed by atoms with E-state index < -0.39 is 3.79 Å². The van der Waals surface area contributed by atoms with Crippen molar-refractivity contribution in [3.05, 3.63) is 35.1 Å². The maximum atomic E-state index is 12.0. The van der Waals surface area contributed by atoms with Gasteiger partial charge in [-0.2, -0.15) is 0 Å². The van der Waals surface area contributed by atoms with Gasteiger partial charge in [0.05, 0.1) is 12.2 Å². The fourth-order valence-corrected chi connectivity index (χ4v) is 2.65. The summed E-state index contributed by atoms with van der Waals surface area (Å²) in [6.07, 6.45) is 3.37. The van der Waals surface area contributed by atoms with Crippen LogP contribution in [-0.2, 0) is 0 Å². The highest BCUT2D eigenvalue weighted by molar-refractivity contribution is 7.17. The van der Waals surface area contributed by atoms with Crippen LogP contribution in [0.5, 0.6) is 0 Å². The molecular formula is C12H10Cl3N3OS. The molecule has 0 radical (unpaired) electrons. The second kappa shape index (κ2) is 6.26. The number of rotatable bonds is 3. The van der Waals surface area contributed by atoms with Gasteiger partial charge in [-0.25, -0.2) is 4.98 Å². The molecule has 4 nitrogen and oxygen atoms in total. The van der Waals surface area contributed by atoms with Crippen LogP contribution >= 0.6 is 46.1 Å². The second-order valence-electron chi connectivity index (χ2n) is 3.97. The lowest BCUT2D eigenvalue weighted by atomic mass is 10.3. The van der Waals surface area contributed by atoms with Crippen LogP contribution in [0.25, 0.3) is 10.6 Å². The van der Waals surface area contributed by atoms with E-state index in [1.54, 1.807) is 19.3 Å². The van der Waals surface area contributed by atoms with Gasteiger partial charge in [-0.05, 0) is 19.1 Å². The maximum absolute atomic E-state index is 12.0. The molecule has 2 aromatic rings. The predicted octanol–water partition coefficient (Wildman–Crippen LogP) is 3.61. The Morgan fingerprint density at radius 1 is 1.45 bits per heavy atom. The SMILES string of the molecule is Cc1nc(-c2cccnc2)sc1C(=O)NCC(Cl)(Cl)Cl. The zero-order valence-electron chi connectivity index (χ0n) is 10.4. The third kappa shape index (κ3) is 4.06. The van der Waals surface area contributed by atoms with Crippen LogP contribution < -0.4 is 5.32 Å². The lowest BCUT2D eigenvalue weighted by Crippen LogP contribution is -2.31. The van der Waals surface area contributed by atoms with Crippen LogP contribution in [0, 0.1) is 6.92 Å². The molecule has 0 bridgehead atoms. The fraction of sp³-hybridized carbons (Fsp3) is 0.250. The number of nitrogens with one attached hydrogen (secondary N) is 1. The number of hydrogen-bond acceptors (Lipinski definition) is 4. The summed E-state index contributed by atoms with van der Waals surface area (Å²) in [4.78, 5) is 20.9. The summed E-state index contributed by atoms with van der Waals surface area (Å²) < 4.78 is -1.51. The quantitative estimate of drug-likeness (QED) is 0.860. The first-order valence-corrected chi connectivity index (χ1v) is 7.54. The van der Waals surface area contributed by atoms with Gasteiger partial charge < -0.3 is 5.32 Å². The zero-order valence-corrected chi connectivity index (χ0v) is 13.4.